The zero-order valence-corrected chi connectivity index (χ0v) is 22.0. The fourth-order valence-electron chi connectivity index (χ4n) is 3.42. The standard InChI is InChI=1S/C24H27IN4O7/c1-4-35-19-10-15(22-21(23(32)34-3)13(2)27-24(33)28-22)6-8-18(19)36-12-20(31)29-26-11-14-5-7-17(30)16(25)9-14/h5-11,20,22,29-31H,4,12H2,1-3H3,(H2,27,28,33)/b26-11-/t20-,22+/m1/s1. The number of esters is 1. The number of aromatic hydroxyl groups is 1. The molecule has 1 heterocycles. The Kier molecular flexibility index (Phi) is 9.36. The second-order valence-corrected chi connectivity index (χ2v) is 8.79. The van der Waals surface area contributed by atoms with E-state index in [2.05, 4.69) is 21.2 Å². The van der Waals surface area contributed by atoms with Crippen LogP contribution in [0.25, 0.3) is 0 Å². The smallest absolute Gasteiger partial charge is 0.337 e. The molecule has 0 aliphatic carbocycles. The number of allylic oxidation sites excluding steroid dienone is 1. The van der Waals surface area contributed by atoms with Gasteiger partial charge in [0.1, 0.15) is 12.4 Å². The number of aliphatic hydroxyl groups excluding tert-OH is 1. The summed E-state index contributed by atoms with van der Waals surface area (Å²) in [6, 6.07) is 8.78. The molecule has 0 radical (unpaired) electrons. The fourth-order valence-corrected chi connectivity index (χ4v) is 3.96. The minimum absolute atomic E-state index is 0.139. The topological polar surface area (TPSA) is 151 Å². The van der Waals surface area contributed by atoms with Crippen molar-refractivity contribution in [1.82, 2.24) is 16.1 Å². The molecule has 2 aromatic rings. The zero-order chi connectivity index (χ0) is 26.2. The number of aliphatic hydroxyl groups is 1. The summed E-state index contributed by atoms with van der Waals surface area (Å²) < 4.78 is 17.0. The van der Waals surface area contributed by atoms with Crippen molar-refractivity contribution in [2.75, 3.05) is 20.3 Å². The van der Waals surface area contributed by atoms with Gasteiger partial charge in [-0.05, 0) is 77.9 Å². The SMILES string of the molecule is CCOc1cc([C@@H]2NC(=O)NC(C)=C2C(=O)OC)ccc1OC[C@@H](O)N/N=C\c1ccc(O)c(I)c1. The van der Waals surface area contributed by atoms with Gasteiger partial charge in [-0.1, -0.05) is 6.07 Å². The lowest BCUT2D eigenvalue weighted by atomic mass is 9.95. The molecule has 0 unspecified atom stereocenters. The minimum atomic E-state index is -1.12. The number of hydrogen-bond donors (Lipinski definition) is 5. The van der Waals surface area contributed by atoms with Crippen molar-refractivity contribution >= 4 is 40.8 Å². The summed E-state index contributed by atoms with van der Waals surface area (Å²) in [5.41, 5.74) is 4.57. The maximum Gasteiger partial charge on any atom is 0.337 e. The second kappa shape index (κ2) is 12.4. The highest BCUT2D eigenvalue weighted by Gasteiger charge is 2.32. The average molecular weight is 610 g/mol. The van der Waals surface area contributed by atoms with Gasteiger partial charge in [-0.15, -0.1) is 0 Å². The molecule has 0 bridgehead atoms. The van der Waals surface area contributed by atoms with Crippen molar-refractivity contribution in [1.29, 1.82) is 0 Å². The summed E-state index contributed by atoms with van der Waals surface area (Å²) in [6.07, 6.45) is 0.388. The molecule has 1 aliphatic rings. The number of carbonyl (C=O) groups is 2. The van der Waals surface area contributed by atoms with E-state index in [1.54, 1.807) is 43.3 Å². The maximum absolute atomic E-state index is 12.3. The molecule has 0 saturated heterocycles. The number of methoxy groups -OCH3 is 1. The highest BCUT2D eigenvalue weighted by molar-refractivity contribution is 14.1. The van der Waals surface area contributed by atoms with Crippen LogP contribution in [-0.2, 0) is 9.53 Å². The number of phenols is 1. The molecule has 2 aromatic carbocycles. The Bertz CT molecular complexity index is 1190. The van der Waals surface area contributed by atoms with Gasteiger partial charge in [-0.3, -0.25) is 5.43 Å². The number of urea groups is 1. The number of nitrogens with one attached hydrogen (secondary N) is 3. The first-order chi connectivity index (χ1) is 17.2. The van der Waals surface area contributed by atoms with Crippen LogP contribution in [0.1, 0.15) is 31.0 Å². The van der Waals surface area contributed by atoms with E-state index in [0.717, 1.165) is 5.56 Å². The van der Waals surface area contributed by atoms with Gasteiger partial charge in [0.05, 0.1) is 35.1 Å². The molecular formula is C24H27IN4O7. The number of nitrogens with zero attached hydrogens (tertiary/aromatic N) is 1. The van der Waals surface area contributed by atoms with Gasteiger partial charge < -0.3 is 35.1 Å². The number of hydrogen-bond acceptors (Lipinski definition) is 9. The molecular weight excluding hydrogens is 583 g/mol. The van der Waals surface area contributed by atoms with E-state index < -0.39 is 24.3 Å². The summed E-state index contributed by atoms with van der Waals surface area (Å²) in [7, 11) is 1.27. The molecule has 0 aromatic heterocycles. The van der Waals surface area contributed by atoms with E-state index in [1.807, 2.05) is 29.5 Å². The molecule has 12 heteroatoms. The summed E-state index contributed by atoms with van der Waals surface area (Å²) >= 11 is 2.01. The van der Waals surface area contributed by atoms with E-state index in [1.165, 1.54) is 13.3 Å². The largest absolute Gasteiger partial charge is 0.507 e. The molecule has 11 nitrogen and oxygen atoms in total. The van der Waals surface area contributed by atoms with Crippen molar-refractivity contribution in [2.24, 2.45) is 5.10 Å². The molecule has 0 saturated carbocycles. The van der Waals surface area contributed by atoms with Gasteiger partial charge in [-0.25, -0.2) is 9.59 Å². The van der Waals surface area contributed by atoms with Crippen LogP contribution in [0.2, 0.25) is 0 Å². The Morgan fingerprint density at radius 1 is 1.25 bits per heavy atom. The highest BCUT2D eigenvalue weighted by Crippen LogP contribution is 2.34. The zero-order valence-electron chi connectivity index (χ0n) is 19.9. The molecule has 0 fully saturated rings. The van der Waals surface area contributed by atoms with Crippen molar-refractivity contribution in [3.8, 4) is 17.2 Å². The molecule has 5 N–H and O–H groups in total. The number of halogens is 1. The lowest BCUT2D eigenvalue weighted by Gasteiger charge is -2.28. The van der Waals surface area contributed by atoms with Crippen LogP contribution >= 0.6 is 22.6 Å². The van der Waals surface area contributed by atoms with Crippen molar-refractivity contribution in [3.05, 3.63) is 62.4 Å². The predicted octanol–water partition coefficient (Wildman–Crippen LogP) is 2.52. The third kappa shape index (κ3) is 6.79. The highest BCUT2D eigenvalue weighted by atomic mass is 127. The lowest BCUT2D eigenvalue weighted by molar-refractivity contribution is -0.136. The molecule has 192 valence electrons. The van der Waals surface area contributed by atoms with Crippen molar-refractivity contribution in [3.63, 3.8) is 0 Å². The van der Waals surface area contributed by atoms with Crippen LogP contribution in [0, 0.1) is 3.57 Å². The number of rotatable bonds is 10. The average Bonchev–Trinajstić information content (AvgIpc) is 2.84. The van der Waals surface area contributed by atoms with Crippen LogP contribution in [-0.4, -0.2) is 55.0 Å². The van der Waals surface area contributed by atoms with Crippen molar-refractivity contribution in [2.45, 2.75) is 26.1 Å². The van der Waals surface area contributed by atoms with Gasteiger partial charge in [0.15, 0.2) is 17.7 Å². The summed E-state index contributed by atoms with van der Waals surface area (Å²) in [4.78, 5) is 24.4. The molecule has 3 rings (SSSR count). The first kappa shape index (κ1) is 27.1. The van der Waals surface area contributed by atoms with E-state index in [9.17, 15) is 19.8 Å². The number of ether oxygens (including phenoxy) is 3. The van der Waals surface area contributed by atoms with Crippen LogP contribution in [0.3, 0.4) is 0 Å². The molecule has 2 atom stereocenters. The van der Waals surface area contributed by atoms with E-state index in [-0.39, 0.29) is 17.9 Å². The minimum Gasteiger partial charge on any atom is -0.507 e. The Labute approximate surface area is 221 Å². The first-order valence-corrected chi connectivity index (χ1v) is 12.0. The predicted molar refractivity (Wildman–Crippen MR) is 140 cm³/mol. The van der Waals surface area contributed by atoms with Gasteiger partial charge >= 0.3 is 12.0 Å². The molecule has 2 amide bonds. The Balaban J connectivity index is 1.70. The van der Waals surface area contributed by atoms with Gasteiger partial charge in [0.25, 0.3) is 0 Å². The lowest BCUT2D eigenvalue weighted by Crippen LogP contribution is -2.45. The molecule has 36 heavy (non-hydrogen) atoms. The second-order valence-electron chi connectivity index (χ2n) is 7.63. The van der Waals surface area contributed by atoms with E-state index >= 15 is 0 Å². The summed E-state index contributed by atoms with van der Waals surface area (Å²) in [5, 5.41) is 29.1. The number of phenolic OH excluding ortho intramolecular Hbond substituents is 1. The number of benzene rings is 2. The third-order valence-corrected chi connectivity index (χ3v) is 5.95. The Morgan fingerprint density at radius 3 is 2.72 bits per heavy atom. The monoisotopic (exact) mass is 610 g/mol. The fraction of sp³-hybridized carbons (Fsp3) is 0.292. The Morgan fingerprint density at radius 2 is 2.03 bits per heavy atom. The first-order valence-electron chi connectivity index (χ1n) is 10.9. The number of amides is 2. The van der Waals surface area contributed by atoms with Crippen LogP contribution in [0.4, 0.5) is 4.79 Å². The number of carbonyl (C=O) groups excluding carboxylic acids is 2. The molecule has 1 aliphatic heterocycles. The summed E-state index contributed by atoms with van der Waals surface area (Å²) in [5.74, 6) is 0.346. The van der Waals surface area contributed by atoms with E-state index in [0.29, 0.717) is 32.9 Å². The quantitative estimate of drug-likeness (QED) is 0.0906. The third-order valence-electron chi connectivity index (χ3n) is 5.08. The maximum atomic E-state index is 12.3. The van der Waals surface area contributed by atoms with Gasteiger partial charge in [0, 0.05) is 5.70 Å². The molecule has 0 spiro atoms. The van der Waals surface area contributed by atoms with Crippen LogP contribution < -0.4 is 25.5 Å². The van der Waals surface area contributed by atoms with Crippen molar-refractivity contribution < 1.29 is 34.0 Å². The normalized spacial score (nSPS) is 16.2. The Hall–Kier alpha value is -3.52. The van der Waals surface area contributed by atoms with Gasteiger partial charge in [0.2, 0.25) is 0 Å². The van der Waals surface area contributed by atoms with Gasteiger partial charge in [-0.2, -0.15) is 5.10 Å². The van der Waals surface area contributed by atoms with Crippen LogP contribution in [0.5, 0.6) is 17.2 Å². The summed E-state index contributed by atoms with van der Waals surface area (Å²) in [6.45, 7) is 3.63. The van der Waals surface area contributed by atoms with Crippen LogP contribution in [0.15, 0.2) is 52.8 Å². The van der Waals surface area contributed by atoms with E-state index in [4.69, 9.17) is 14.2 Å². The number of hydrazone groups is 1.